The maximum absolute atomic E-state index is 12.7. The minimum absolute atomic E-state index is 0.0381. The van der Waals surface area contributed by atoms with Crippen LogP contribution in [0.4, 0.5) is 0 Å². The fraction of sp³-hybridized carbons (Fsp3) is 0.600. The molecule has 2 fully saturated rings. The molecular formula is C20H29N3O2. The first kappa shape index (κ1) is 17.9. The number of piperidine rings is 2. The summed E-state index contributed by atoms with van der Waals surface area (Å²) in [6, 6.07) is 8.86. The van der Waals surface area contributed by atoms with E-state index in [9.17, 15) is 9.59 Å². The summed E-state index contributed by atoms with van der Waals surface area (Å²) in [6.07, 6.45) is 3.71. The van der Waals surface area contributed by atoms with Crippen molar-refractivity contribution in [2.75, 3.05) is 26.2 Å². The highest BCUT2D eigenvalue weighted by molar-refractivity contribution is 5.84. The zero-order valence-electron chi connectivity index (χ0n) is 15.1. The van der Waals surface area contributed by atoms with E-state index >= 15 is 0 Å². The molecule has 2 amide bonds. The van der Waals surface area contributed by atoms with Gasteiger partial charge in [-0.05, 0) is 37.2 Å². The van der Waals surface area contributed by atoms with Crippen LogP contribution in [0.25, 0.3) is 0 Å². The maximum Gasteiger partial charge on any atom is 0.244 e. The van der Waals surface area contributed by atoms with Crippen molar-refractivity contribution >= 4 is 11.8 Å². The van der Waals surface area contributed by atoms with Crippen LogP contribution in [0.2, 0.25) is 0 Å². The van der Waals surface area contributed by atoms with Crippen LogP contribution in [-0.4, -0.2) is 47.8 Å². The summed E-state index contributed by atoms with van der Waals surface area (Å²) in [5.74, 6) is 1.03. The number of rotatable bonds is 3. The average Bonchev–Trinajstić information content (AvgIpc) is 2.67. The van der Waals surface area contributed by atoms with Crippen molar-refractivity contribution in [2.24, 2.45) is 17.6 Å². The lowest BCUT2D eigenvalue weighted by Crippen LogP contribution is -2.48. The van der Waals surface area contributed by atoms with Gasteiger partial charge in [0.2, 0.25) is 11.8 Å². The van der Waals surface area contributed by atoms with Gasteiger partial charge >= 0.3 is 0 Å². The molecule has 0 spiro atoms. The molecule has 0 bridgehead atoms. The van der Waals surface area contributed by atoms with Crippen molar-refractivity contribution in [3.05, 3.63) is 35.9 Å². The fourth-order valence-corrected chi connectivity index (χ4v) is 3.83. The first-order chi connectivity index (χ1) is 12.1. The Bertz CT molecular complexity index is 588. The molecule has 2 aliphatic heterocycles. The first-order valence-corrected chi connectivity index (χ1v) is 9.44. The quantitative estimate of drug-likeness (QED) is 0.915. The monoisotopic (exact) mass is 343 g/mol. The van der Waals surface area contributed by atoms with Crippen LogP contribution < -0.4 is 5.73 Å². The van der Waals surface area contributed by atoms with Crippen molar-refractivity contribution in [3.8, 4) is 0 Å². The van der Waals surface area contributed by atoms with E-state index in [1.165, 1.54) is 0 Å². The van der Waals surface area contributed by atoms with Gasteiger partial charge in [0.1, 0.15) is 6.04 Å². The van der Waals surface area contributed by atoms with E-state index in [1.54, 1.807) is 0 Å². The molecule has 1 atom stereocenters. The normalized spacial score (nSPS) is 21.2. The number of carbonyl (C=O) groups excluding carboxylic acids is 2. The number of amides is 2. The molecule has 2 aliphatic rings. The minimum atomic E-state index is -0.614. The van der Waals surface area contributed by atoms with Crippen LogP contribution in [0, 0.1) is 11.8 Å². The summed E-state index contributed by atoms with van der Waals surface area (Å²) in [5.41, 5.74) is 6.97. The third-order valence-corrected chi connectivity index (χ3v) is 5.68. The minimum Gasteiger partial charge on any atom is -0.342 e. The predicted octanol–water partition coefficient (Wildman–Crippen LogP) is 2.18. The second-order valence-corrected chi connectivity index (χ2v) is 7.50. The van der Waals surface area contributed by atoms with Gasteiger partial charge in [-0.25, -0.2) is 0 Å². The number of carbonyl (C=O) groups is 2. The SMILES string of the molecule is CC1CCN(C(=O)C2CCN(C(=O)C(N)c3ccccc3)CC2)CC1. The molecule has 0 saturated carbocycles. The summed E-state index contributed by atoms with van der Waals surface area (Å²) in [5, 5.41) is 0. The second-order valence-electron chi connectivity index (χ2n) is 7.50. The van der Waals surface area contributed by atoms with Gasteiger partial charge in [-0.3, -0.25) is 9.59 Å². The third-order valence-electron chi connectivity index (χ3n) is 5.68. The van der Waals surface area contributed by atoms with Gasteiger partial charge in [-0.1, -0.05) is 37.3 Å². The zero-order valence-corrected chi connectivity index (χ0v) is 15.1. The Kier molecular flexibility index (Phi) is 5.74. The Balaban J connectivity index is 1.51. The molecule has 1 unspecified atom stereocenters. The topological polar surface area (TPSA) is 66.6 Å². The molecular weight excluding hydrogens is 314 g/mol. The van der Waals surface area contributed by atoms with Crippen LogP contribution in [0.3, 0.4) is 0 Å². The summed E-state index contributed by atoms with van der Waals surface area (Å²) in [4.78, 5) is 29.2. The fourth-order valence-electron chi connectivity index (χ4n) is 3.83. The smallest absolute Gasteiger partial charge is 0.244 e. The number of nitrogens with two attached hydrogens (primary N) is 1. The molecule has 2 saturated heterocycles. The maximum atomic E-state index is 12.7. The van der Waals surface area contributed by atoms with E-state index in [0.29, 0.717) is 13.1 Å². The molecule has 5 heteroatoms. The molecule has 2 heterocycles. The predicted molar refractivity (Wildman–Crippen MR) is 97.7 cm³/mol. The number of likely N-dealkylation sites (tertiary alicyclic amines) is 2. The zero-order chi connectivity index (χ0) is 17.8. The summed E-state index contributed by atoms with van der Waals surface area (Å²) in [7, 11) is 0. The molecule has 0 aromatic heterocycles. The van der Waals surface area contributed by atoms with E-state index in [2.05, 4.69) is 6.92 Å². The van der Waals surface area contributed by atoms with E-state index in [1.807, 2.05) is 40.1 Å². The Morgan fingerprint density at radius 1 is 0.960 bits per heavy atom. The van der Waals surface area contributed by atoms with Crippen molar-refractivity contribution in [2.45, 2.75) is 38.6 Å². The lowest BCUT2D eigenvalue weighted by atomic mass is 9.92. The molecule has 0 aliphatic carbocycles. The molecule has 2 N–H and O–H groups in total. The molecule has 25 heavy (non-hydrogen) atoms. The molecule has 3 rings (SSSR count). The summed E-state index contributed by atoms with van der Waals surface area (Å²) >= 11 is 0. The number of hydrogen-bond donors (Lipinski definition) is 1. The number of benzene rings is 1. The Morgan fingerprint density at radius 3 is 2.12 bits per heavy atom. The van der Waals surface area contributed by atoms with Crippen molar-refractivity contribution in [1.82, 2.24) is 9.80 Å². The molecule has 136 valence electrons. The van der Waals surface area contributed by atoms with E-state index < -0.39 is 6.04 Å². The standard InChI is InChI=1S/C20H29N3O2/c1-15-7-11-22(12-8-15)19(24)17-9-13-23(14-10-17)20(25)18(21)16-5-3-2-4-6-16/h2-6,15,17-18H,7-14,21H2,1H3. The largest absolute Gasteiger partial charge is 0.342 e. The van der Waals surface area contributed by atoms with Gasteiger partial charge in [0.05, 0.1) is 0 Å². The number of hydrogen-bond acceptors (Lipinski definition) is 3. The van der Waals surface area contributed by atoms with Crippen LogP contribution in [0.15, 0.2) is 30.3 Å². The lowest BCUT2D eigenvalue weighted by molar-refractivity contribution is -0.142. The van der Waals surface area contributed by atoms with Crippen molar-refractivity contribution in [1.29, 1.82) is 0 Å². The van der Waals surface area contributed by atoms with Crippen LogP contribution >= 0.6 is 0 Å². The Hall–Kier alpha value is -1.88. The van der Waals surface area contributed by atoms with Gasteiger partial charge in [-0.2, -0.15) is 0 Å². The highest BCUT2D eigenvalue weighted by Gasteiger charge is 2.32. The Labute approximate surface area is 150 Å². The third kappa shape index (κ3) is 4.21. The molecule has 1 aromatic carbocycles. The van der Waals surface area contributed by atoms with Gasteiger partial charge in [0, 0.05) is 32.1 Å². The van der Waals surface area contributed by atoms with Gasteiger partial charge in [0.25, 0.3) is 0 Å². The first-order valence-electron chi connectivity index (χ1n) is 9.44. The van der Waals surface area contributed by atoms with Crippen LogP contribution in [0.5, 0.6) is 0 Å². The van der Waals surface area contributed by atoms with Crippen molar-refractivity contribution in [3.63, 3.8) is 0 Å². The highest BCUT2D eigenvalue weighted by atomic mass is 16.2. The van der Waals surface area contributed by atoms with Gasteiger partial charge in [0.15, 0.2) is 0 Å². The van der Waals surface area contributed by atoms with Crippen molar-refractivity contribution < 1.29 is 9.59 Å². The van der Waals surface area contributed by atoms with Gasteiger partial charge < -0.3 is 15.5 Å². The Morgan fingerprint density at radius 2 is 1.52 bits per heavy atom. The highest BCUT2D eigenvalue weighted by Crippen LogP contribution is 2.25. The van der Waals surface area contributed by atoms with E-state index in [-0.39, 0.29) is 17.7 Å². The van der Waals surface area contributed by atoms with E-state index in [0.717, 1.165) is 50.3 Å². The second kappa shape index (κ2) is 8.00. The van der Waals surface area contributed by atoms with Crippen LogP contribution in [-0.2, 0) is 9.59 Å². The van der Waals surface area contributed by atoms with E-state index in [4.69, 9.17) is 5.73 Å². The molecule has 1 aromatic rings. The molecule has 5 nitrogen and oxygen atoms in total. The van der Waals surface area contributed by atoms with Crippen LogP contribution in [0.1, 0.15) is 44.2 Å². The summed E-state index contributed by atoms with van der Waals surface area (Å²) < 4.78 is 0. The summed E-state index contributed by atoms with van der Waals surface area (Å²) in [6.45, 7) is 5.28. The average molecular weight is 343 g/mol. The molecule has 0 radical (unpaired) electrons. The number of nitrogens with zero attached hydrogens (tertiary/aromatic N) is 2. The lowest BCUT2D eigenvalue weighted by Gasteiger charge is -2.37. The van der Waals surface area contributed by atoms with Gasteiger partial charge in [-0.15, -0.1) is 0 Å².